The highest BCUT2D eigenvalue weighted by Crippen LogP contribution is 2.15. The van der Waals surface area contributed by atoms with Gasteiger partial charge in [-0.15, -0.1) is 10.2 Å². The molecule has 0 fully saturated rings. The fraction of sp³-hybridized carbons (Fsp3) is 0.353. The second kappa shape index (κ2) is 7.44. The average Bonchev–Trinajstić information content (AvgIpc) is 3.11. The zero-order valence-corrected chi connectivity index (χ0v) is 14.8. The van der Waals surface area contributed by atoms with Crippen molar-refractivity contribution in [3.05, 3.63) is 52.5 Å². The van der Waals surface area contributed by atoms with Gasteiger partial charge in [0.25, 0.3) is 11.5 Å². The zero-order valence-electron chi connectivity index (χ0n) is 14.8. The molecule has 26 heavy (non-hydrogen) atoms. The van der Waals surface area contributed by atoms with Gasteiger partial charge in [0.1, 0.15) is 6.33 Å². The molecule has 9 nitrogen and oxygen atoms in total. The standard InChI is InChI=1S/C17H20N6O3/c1-11(15-20-18-10-23(15)8-9-26-3)19-16(24)14-12-6-4-5-7-13(12)17(25)22(2)21-14/h4-7,10-11H,8-9H2,1-3H3,(H,19,24)/t11-/m1/s1. The van der Waals surface area contributed by atoms with Crippen LogP contribution < -0.4 is 10.9 Å². The van der Waals surface area contributed by atoms with Gasteiger partial charge >= 0.3 is 0 Å². The number of hydrogen-bond donors (Lipinski definition) is 1. The Bertz CT molecular complexity index is 994. The molecule has 0 aliphatic carbocycles. The third-order valence-corrected chi connectivity index (χ3v) is 4.09. The van der Waals surface area contributed by atoms with Crippen molar-refractivity contribution in [3.8, 4) is 0 Å². The van der Waals surface area contributed by atoms with E-state index in [0.29, 0.717) is 29.7 Å². The van der Waals surface area contributed by atoms with E-state index in [1.165, 1.54) is 11.7 Å². The minimum atomic E-state index is -0.389. The number of fused-ring (bicyclic) bond motifs is 1. The van der Waals surface area contributed by atoms with Gasteiger partial charge in [-0.05, 0) is 13.0 Å². The number of nitrogens with one attached hydrogen (secondary N) is 1. The van der Waals surface area contributed by atoms with Crippen LogP contribution in [0.1, 0.15) is 29.3 Å². The van der Waals surface area contributed by atoms with Gasteiger partial charge < -0.3 is 14.6 Å². The monoisotopic (exact) mass is 356 g/mol. The van der Waals surface area contributed by atoms with Crippen molar-refractivity contribution in [1.82, 2.24) is 29.9 Å². The number of carbonyl (C=O) groups is 1. The lowest BCUT2D eigenvalue weighted by molar-refractivity contribution is 0.0932. The summed E-state index contributed by atoms with van der Waals surface area (Å²) in [5, 5.41) is 15.9. The predicted molar refractivity (Wildman–Crippen MR) is 94.8 cm³/mol. The predicted octanol–water partition coefficient (Wildman–Crippen LogP) is 0.662. The molecule has 2 aromatic heterocycles. The van der Waals surface area contributed by atoms with Gasteiger partial charge in [-0.2, -0.15) is 5.10 Å². The molecule has 1 N–H and O–H groups in total. The Morgan fingerprint density at radius 3 is 2.77 bits per heavy atom. The first-order chi connectivity index (χ1) is 12.5. The van der Waals surface area contributed by atoms with Crippen LogP contribution in [-0.2, 0) is 18.3 Å². The number of aromatic nitrogens is 5. The maximum absolute atomic E-state index is 12.8. The lowest BCUT2D eigenvalue weighted by Gasteiger charge is -2.15. The zero-order chi connectivity index (χ0) is 18.7. The van der Waals surface area contributed by atoms with Crippen LogP contribution in [0.25, 0.3) is 10.8 Å². The van der Waals surface area contributed by atoms with E-state index in [4.69, 9.17) is 4.74 Å². The van der Waals surface area contributed by atoms with Crippen molar-refractivity contribution >= 4 is 16.7 Å². The Morgan fingerprint density at radius 2 is 2.04 bits per heavy atom. The Hall–Kier alpha value is -3.07. The van der Waals surface area contributed by atoms with Crippen LogP contribution >= 0.6 is 0 Å². The first-order valence-corrected chi connectivity index (χ1v) is 8.16. The minimum Gasteiger partial charge on any atom is -0.383 e. The van der Waals surface area contributed by atoms with Crippen molar-refractivity contribution in [2.45, 2.75) is 19.5 Å². The Morgan fingerprint density at radius 1 is 1.31 bits per heavy atom. The average molecular weight is 356 g/mol. The topological polar surface area (TPSA) is 104 Å². The fourth-order valence-corrected chi connectivity index (χ4v) is 2.76. The number of aryl methyl sites for hydroxylation is 1. The number of benzene rings is 1. The molecule has 2 heterocycles. The molecule has 3 rings (SSSR count). The molecule has 0 aliphatic rings. The van der Waals surface area contributed by atoms with E-state index >= 15 is 0 Å². The van der Waals surface area contributed by atoms with Crippen LogP contribution in [0.2, 0.25) is 0 Å². The van der Waals surface area contributed by atoms with Gasteiger partial charge in [0.15, 0.2) is 11.5 Å². The van der Waals surface area contributed by atoms with Gasteiger partial charge in [0.05, 0.1) is 18.0 Å². The van der Waals surface area contributed by atoms with Crippen LogP contribution in [0.15, 0.2) is 35.4 Å². The maximum atomic E-state index is 12.8. The van der Waals surface area contributed by atoms with Crippen molar-refractivity contribution in [3.63, 3.8) is 0 Å². The van der Waals surface area contributed by atoms with Crippen molar-refractivity contribution in [2.75, 3.05) is 13.7 Å². The molecular weight excluding hydrogens is 336 g/mol. The Labute approximate surface area is 149 Å². The largest absolute Gasteiger partial charge is 0.383 e. The van der Waals surface area contributed by atoms with E-state index in [1.807, 2.05) is 11.5 Å². The van der Waals surface area contributed by atoms with Crippen LogP contribution in [0.4, 0.5) is 0 Å². The van der Waals surface area contributed by atoms with E-state index in [0.717, 1.165) is 0 Å². The molecule has 0 unspecified atom stereocenters. The van der Waals surface area contributed by atoms with E-state index in [2.05, 4.69) is 20.6 Å². The van der Waals surface area contributed by atoms with Crippen LogP contribution in [-0.4, -0.2) is 44.2 Å². The van der Waals surface area contributed by atoms with Gasteiger partial charge in [-0.25, -0.2) is 4.68 Å². The summed E-state index contributed by atoms with van der Waals surface area (Å²) in [6, 6.07) is 6.53. The third-order valence-electron chi connectivity index (χ3n) is 4.09. The molecule has 0 saturated heterocycles. The highest BCUT2D eigenvalue weighted by atomic mass is 16.5. The van der Waals surface area contributed by atoms with Crippen LogP contribution in [0.3, 0.4) is 0 Å². The summed E-state index contributed by atoms with van der Waals surface area (Å²) in [5.74, 6) is 0.232. The van der Waals surface area contributed by atoms with Gasteiger partial charge in [-0.3, -0.25) is 9.59 Å². The molecule has 0 radical (unpaired) electrons. The summed E-state index contributed by atoms with van der Waals surface area (Å²) in [6.45, 7) is 2.91. The van der Waals surface area contributed by atoms with Crippen molar-refractivity contribution in [1.29, 1.82) is 0 Å². The lowest BCUT2D eigenvalue weighted by atomic mass is 10.1. The summed E-state index contributed by atoms with van der Waals surface area (Å²) in [5.41, 5.74) is -0.0537. The first-order valence-electron chi connectivity index (χ1n) is 8.16. The Balaban J connectivity index is 1.89. The van der Waals surface area contributed by atoms with Crippen molar-refractivity contribution < 1.29 is 9.53 Å². The maximum Gasteiger partial charge on any atom is 0.274 e. The molecule has 1 aromatic carbocycles. The highest BCUT2D eigenvalue weighted by molar-refractivity contribution is 6.04. The number of carbonyl (C=O) groups excluding carboxylic acids is 1. The van der Waals surface area contributed by atoms with Crippen LogP contribution in [0.5, 0.6) is 0 Å². The van der Waals surface area contributed by atoms with Crippen LogP contribution in [0, 0.1) is 0 Å². The molecule has 1 amide bonds. The fourth-order valence-electron chi connectivity index (χ4n) is 2.76. The second-order valence-corrected chi connectivity index (χ2v) is 5.89. The summed E-state index contributed by atoms with van der Waals surface area (Å²) in [7, 11) is 3.14. The quantitative estimate of drug-likeness (QED) is 0.696. The van der Waals surface area contributed by atoms with Gasteiger partial charge in [0, 0.05) is 26.1 Å². The lowest BCUT2D eigenvalue weighted by Crippen LogP contribution is -2.32. The molecule has 3 aromatic rings. The molecule has 1 atom stereocenters. The summed E-state index contributed by atoms with van der Waals surface area (Å²) in [4.78, 5) is 25.0. The first kappa shape index (κ1) is 17.7. The van der Waals surface area contributed by atoms with E-state index in [-0.39, 0.29) is 23.2 Å². The van der Waals surface area contributed by atoms with Crippen molar-refractivity contribution in [2.24, 2.45) is 7.05 Å². The normalized spacial score (nSPS) is 12.3. The molecule has 136 valence electrons. The number of amides is 1. The highest BCUT2D eigenvalue weighted by Gasteiger charge is 2.20. The SMILES string of the molecule is COCCn1cnnc1[C@@H](C)NC(=O)c1nn(C)c(=O)c2ccccc12. The van der Waals surface area contributed by atoms with Gasteiger partial charge in [-0.1, -0.05) is 18.2 Å². The summed E-state index contributed by atoms with van der Waals surface area (Å²) >= 11 is 0. The molecule has 0 spiro atoms. The number of nitrogens with zero attached hydrogens (tertiary/aromatic N) is 5. The smallest absolute Gasteiger partial charge is 0.274 e. The molecule has 0 aliphatic heterocycles. The molecule has 0 saturated carbocycles. The van der Waals surface area contributed by atoms with Gasteiger partial charge in [0.2, 0.25) is 0 Å². The number of hydrogen-bond acceptors (Lipinski definition) is 6. The van der Waals surface area contributed by atoms with E-state index < -0.39 is 0 Å². The summed E-state index contributed by atoms with van der Waals surface area (Å²) in [6.07, 6.45) is 1.59. The molecule has 9 heteroatoms. The van der Waals surface area contributed by atoms with E-state index in [1.54, 1.807) is 37.7 Å². The summed E-state index contributed by atoms with van der Waals surface area (Å²) < 4.78 is 8.06. The Kier molecular flexibility index (Phi) is 5.08. The number of rotatable bonds is 6. The van der Waals surface area contributed by atoms with E-state index in [9.17, 15) is 9.59 Å². The number of ether oxygens (including phenoxy) is 1. The minimum absolute atomic E-state index is 0.192. The third kappa shape index (κ3) is 3.33. The molecular formula is C17H20N6O3. The molecule has 0 bridgehead atoms. The second-order valence-electron chi connectivity index (χ2n) is 5.89. The number of methoxy groups -OCH3 is 1.